The van der Waals surface area contributed by atoms with Gasteiger partial charge in [-0.15, -0.1) is 0 Å². The number of benzene rings is 2. The van der Waals surface area contributed by atoms with E-state index in [1.54, 1.807) is 36.4 Å². The van der Waals surface area contributed by atoms with Crippen molar-refractivity contribution in [2.45, 2.75) is 0 Å². The second-order valence-corrected chi connectivity index (χ2v) is 5.08. The largest absolute Gasteiger partial charge is 0.376 e. The van der Waals surface area contributed by atoms with E-state index in [-0.39, 0.29) is 12.5 Å². The number of nitrogens with zero attached hydrogens (tertiary/aromatic N) is 1. The van der Waals surface area contributed by atoms with Gasteiger partial charge in [-0.3, -0.25) is 4.79 Å². The van der Waals surface area contributed by atoms with Gasteiger partial charge in [-0.25, -0.2) is 5.43 Å². The van der Waals surface area contributed by atoms with Crippen LogP contribution in [0.1, 0.15) is 5.56 Å². The van der Waals surface area contributed by atoms with E-state index < -0.39 is 0 Å². The van der Waals surface area contributed by atoms with Gasteiger partial charge in [-0.2, -0.15) is 5.10 Å². The smallest absolute Gasteiger partial charge is 0.259 e. The number of halogens is 2. The van der Waals surface area contributed by atoms with Gasteiger partial charge in [-0.1, -0.05) is 35.3 Å². The molecule has 0 fully saturated rings. The van der Waals surface area contributed by atoms with Crippen LogP contribution in [0.3, 0.4) is 0 Å². The predicted octanol–water partition coefficient (Wildman–Crippen LogP) is 3.56. The Kier molecular flexibility index (Phi) is 5.60. The van der Waals surface area contributed by atoms with E-state index in [1.165, 1.54) is 6.21 Å². The van der Waals surface area contributed by atoms with E-state index in [0.717, 1.165) is 11.3 Å². The summed E-state index contributed by atoms with van der Waals surface area (Å²) in [6, 6.07) is 14.3. The Hall–Kier alpha value is -2.04. The molecule has 0 heterocycles. The average Bonchev–Trinajstić information content (AvgIpc) is 2.47. The van der Waals surface area contributed by atoms with Gasteiger partial charge in [0.15, 0.2) is 0 Å². The fraction of sp³-hybridized carbons (Fsp3) is 0.0667. The van der Waals surface area contributed by atoms with E-state index in [4.69, 9.17) is 23.2 Å². The van der Waals surface area contributed by atoms with Gasteiger partial charge in [-0.05, 0) is 42.0 Å². The lowest BCUT2D eigenvalue weighted by Gasteiger charge is -2.04. The molecule has 0 aliphatic rings. The molecule has 0 saturated heterocycles. The molecule has 2 rings (SSSR count). The highest BCUT2D eigenvalue weighted by molar-refractivity contribution is 6.31. The lowest BCUT2D eigenvalue weighted by molar-refractivity contribution is -0.119. The van der Waals surface area contributed by atoms with Crippen molar-refractivity contribution in [2.24, 2.45) is 5.10 Å². The molecule has 0 unspecified atom stereocenters. The van der Waals surface area contributed by atoms with Gasteiger partial charge >= 0.3 is 0 Å². The summed E-state index contributed by atoms with van der Waals surface area (Å²) in [5.41, 5.74) is 4.06. The minimum atomic E-state index is -0.247. The third kappa shape index (κ3) is 5.45. The molecule has 2 N–H and O–H groups in total. The molecular weight excluding hydrogens is 309 g/mol. The first-order valence-corrected chi connectivity index (χ1v) is 6.96. The van der Waals surface area contributed by atoms with E-state index in [2.05, 4.69) is 15.8 Å². The Balaban J connectivity index is 1.78. The number of carbonyl (C=O) groups is 1. The molecule has 2 aromatic carbocycles. The van der Waals surface area contributed by atoms with Gasteiger partial charge in [0.2, 0.25) is 0 Å². The van der Waals surface area contributed by atoms with Crippen molar-refractivity contribution in [3.05, 3.63) is 64.1 Å². The van der Waals surface area contributed by atoms with E-state index in [1.807, 2.05) is 12.1 Å². The van der Waals surface area contributed by atoms with Crippen LogP contribution < -0.4 is 10.7 Å². The SMILES string of the molecule is O=C(CNc1ccc(Cl)cc1)N/N=C\c1cccc(Cl)c1. The molecule has 0 aliphatic heterocycles. The monoisotopic (exact) mass is 321 g/mol. The average molecular weight is 322 g/mol. The molecule has 0 aromatic heterocycles. The van der Waals surface area contributed by atoms with Gasteiger partial charge in [0, 0.05) is 15.7 Å². The summed E-state index contributed by atoms with van der Waals surface area (Å²) >= 11 is 11.6. The molecule has 0 aliphatic carbocycles. The van der Waals surface area contributed by atoms with Crippen LogP contribution in [0.4, 0.5) is 5.69 Å². The van der Waals surface area contributed by atoms with Crippen molar-refractivity contribution in [1.29, 1.82) is 0 Å². The Labute approximate surface area is 132 Å². The predicted molar refractivity (Wildman–Crippen MR) is 87.1 cm³/mol. The topological polar surface area (TPSA) is 53.5 Å². The van der Waals surface area contributed by atoms with Gasteiger partial charge in [0.05, 0.1) is 12.8 Å². The van der Waals surface area contributed by atoms with Crippen LogP contribution in [-0.2, 0) is 4.79 Å². The molecule has 0 saturated carbocycles. The number of nitrogens with one attached hydrogen (secondary N) is 2. The number of hydrogen-bond acceptors (Lipinski definition) is 3. The Morgan fingerprint density at radius 2 is 1.86 bits per heavy atom. The van der Waals surface area contributed by atoms with Crippen molar-refractivity contribution < 1.29 is 4.79 Å². The second kappa shape index (κ2) is 7.67. The number of carbonyl (C=O) groups excluding carboxylic acids is 1. The molecule has 108 valence electrons. The third-order valence-corrected chi connectivity index (χ3v) is 3.04. The van der Waals surface area contributed by atoms with Crippen LogP contribution in [-0.4, -0.2) is 18.7 Å². The zero-order valence-corrected chi connectivity index (χ0v) is 12.5. The standard InChI is InChI=1S/C15H13Cl2N3O/c16-12-4-6-14(7-5-12)18-10-15(21)20-19-9-11-2-1-3-13(17)8-11/h1-9,18H,10H2,(H,20,21)/b19-9-. The number of amides is 1. The lowest BCUT2D eigenvalue weighted by atomic mass is 10.2. The zero-order valence-electron chi connectivity index (χ0n) is 11.0. The maximum absolute atomic E-state index is 11.6. The van der Waals surface area contributed by atoms with Crippen LogP contribution in [0.25, 0.3) is 0 Å². The normalized spacial score (nSPS) is 10.6. The summed E-state index contributed by atoms with van der Waals surface area (Å²) < 4.78 is 0. The summed E-state index contributed by atoms with van der Waals surface area (Å²) in [5, 5.41) is 8.10. The van der Waals surface area contributed by atoms with Crippen LogP contribution in [0.15, 0.2) is 53.6 Å². The molecule has 0 bridgehead atoms. The fourth-order valence-corrected chi connectivity index (χ4v) is 1.88. The highest BCUT2D eigenvalue weighted by atomic mass is 35.5. The molecule has 21 heavy (non-hydrogen) atoms. The Morgan fingerprint density at radius 3 is 2.57 bits per heavy atom. The quantitative estimate of drug-likeness (QED) is 0.653. The minimum absolute atomic E-state index is 0.120. The first-order valence-electron chi connectivity index (χ1n) is 6.20. The fourth-order valence-electron chi connectivity index (χ4n) is 1.56. The van der Waals surface area contributed by atoms with Crippen molar-refractivity contribution in [2.75, 3.05) is 11.9 Å². The Morgan fingerprint density at radius 1 is 1.10 bits per heavy atom. The van der Waals surface area contributed by atoms with Crippen molar-refractivity contribution in [1.82, 2.24) is 5.43 Å². The van der Waals surface area contributed by atoms with Crippen LogP contribution in [0.2, 0.25) is 10.0 Å². The lowest BCUT2D eigenvalue weighted by Crippen LogP contribution is -2.25. The number of rotatable bonds is 5. The summed E-state index contributed by atoms with van der Waals surface area (Å²) in [4.78, 5) is 11.6. The van der Waals surface area contributed by atoms with Crippen molar-refractivity contribution >= 4 is 41.0 Å². The van der Waals surface area contributed by atoms with Crippen LogP contribution in [0, 0.1) is 0 Å². The zero-order chi connectivity index (χ0) is 15.1. The van der Waals surface area contributed by atoms with Gasteiger partial charge < -0.3 is 5.32 Å². The maximum atomic E-state index is 11.6. The van der Waals surface area contributed by atoms with E-state index in [9.17, 15) is 4.79 Å². The van der Waals surface area contributed by atoms with Crippen LogP contribution >= 0.6 is 23.2 Å². The summed E-state index contributed by atoms with van der Waals surface area (Å²) in [7, 11) is 0. The molecule has 6 heteroatoms. The highest BCUT2D eigenvalue weighted by Gasteiger charge is 1.99. The van der Waals surface area contributed by atoms with Crippen molar-refractivity contribution in [3.8, 4) is 0 Å². The number of anilines is 1. The first kappa shape index (κ1) is 15.4. The van der Waals surface area contributed by atoms with Crippen molar-refractivity contribution in [3.63, 3.8) is 0 Å². The first-order chi connectivity index (χ1) is 10.1. The van der Waals surface area contributed by atoms with Gasteiger partial charge in [0.25, 0.3) is 5.91 Å². The number of hydrogen-bond donors (Lipinski definition) is 2. The maximum Gasteiger partial charge on any atom is 0.259 e. The molecule has 0 atom stereocenters. The minimum Gasteiger partial charge on any atom is -0.376 e. The van der Waals surface area contributed by atoms with E-state index in [0.29, 0.717) is 10.0 Å². The summed E-state index contributed by atoms with van der Waals surface area (Å²) in [6.07, 6.45) is 1.53. The van der Waals surface area contributed by atoms with E-state index >= 15 is 0 Å². The molecular formula is C15H13Cl2N3O. The van der Waals surface area contributed by atoms with Crippen LogP contribution in [0.5, 0.6) is 0 Å². The second-order valence-electron chi connectivity index (χ2n) is 4.21. The summed E-state index contributed by atoms with van der Waals surface area (Å²) in [6.45, 7) is 0.120. The molecule has 2 aromatic rings. The highest BCUT2D eigenvalue weighted by Crippen LogP contribution is 2.12. The molecule has 0 radical (unpaired) electrons. The molecule has 1 amide bonds. The molecule has 4 nitrogen and oxygen atoms in total. The number of hydrazone groups is 1. The Bertz CT molecular complexity index is 642. The van der Waals surface area contributed by atoms with Gasteiger partial charge in [0.1, 0.15) is 0 Å². The summed E-state index contributed by atoms with van der Waals surface area (Å²) in [5.74, 6) is -0.247. The third-order valence-electron chi connectivity index (χ3n) is 2.55. The molecule has 0 spiro atoms.